The SMILES string of the molecule is CNC1CCC(Sc2ccc(F)cc2)CC1. The van der Waals surface area contributed by atoms with Crippen LogP contribution in [0.1, 0.15) is 25.7 Å². The number of benzene rings is 1. The summed E-state index contributed by atoms with van der Waals surface area (Å²) in [5.74, 6) is -0.150. The first-order valence-electron chi connectivity index (χ1n) is 5.87. The number of halogens is 1. The van der Waals surface area contributed by atoms with Gasteiger partial charge in [0.25, 0.3) is 0 Å². The fourth-order valence-corrected chi connectivity index (χ4v) is 3.36. The van der Waals surface area contributed by atoms with Crippen molar-refractivity contribution in [3.05, 3.63) is 30.1 Å². The summed E-state index contributed by atoms with van der Waals surface area (Å²) in [5, 5.41) is 4.04. The molecule has 0 aromatic heterocycles. The fraction of sp³-hybridized carbons (Fsp3) is 0.538. The number of hydrogen-bond acceptors (Lipinski definition) is 2. The highest BCUT2D eigenvalue weighted by Gasteiger charge is 2.20. The summed E-state index contributed by atoms with van der Waals surface area (Å²) < 4.78 is 12.7. The van der Waals surface area contributed by atoms with Crippen LogP contribution in [0.4, 0.5) is 4.39 Å². The van der Waals surface area contributed by atoms with E-state index in [9.17, 15) is 4.39 Å². The van der Waals surface area contributed by atoms with Gasteiger partial charge in [0, 0.05) is 16.2 Å². The smallest absolute Gasteiger partial charge is 0.123 e. The van der Waals surface area contributed by atoms with Crippen LogP contribution in [0.15, 0.2) is 29.2 Å². The van der Waals surface area contributed by atoms with Gasteiger partial charge in [0.1, 0.15) is 5.82 Å². The van der Waals surface area contributed by atoms with E-state index in [1.54, 1.807) is 12.1 Å². The Kier molecular flexibility index (Phi) is 4.24. The second kappa shape index (κ2) is 5.69. The lowest BCUT2D eigenvalue weighted by molar-refractivity contribution is 0.401. The van der Waals surface area contributed by atoms with Crippen molar-refractivity contribution < 1.29 is 4.39 Å². The summed E-state index contributed by atoms with van der Waals surface area (Å²) in [6.45, 7) is 0. The number of hydrogen-bond donors (Lipinski definition) is 1. The van der Waals surface area contributed by atoms with Crippen molar-refractivity contribution in [3.63, 3.8) is 0 Å². The maximum Gasteiger partial charge on any atom is 0.123 e. The molecular weight excluding hydrogens is 221 g/mol. The molecule has 0 radical (unpaired) electrons. The molecule has 0 amide bonds. The van der Waals surface area contributed by atoms with E-state index in [0.717, 1.165) is 0 Å². The quantitative estimate of drug-likeness (QED) is 0.867. The Labute approximate surface area is 101 Å². The van der Waals surface area contributed by atoms with Crippen molar-refractivity contribution >= 4 is 11.8 Å². The van der Waals surface area contributed by atoms with E-state index in [4.69, 9.17) is 0 Å². The zero-order chi connectivity index (χ0) is 11.4. The molecule has 0 saturated heterocycles. The highest BCUT2D eigenvalue weighted by atomic mass is 32.2. The van der Waals surface area contributed by atoms with Gasteiger partial charge in [-0.3, -0.25) is 0 Å². The fourth-order valence-electron chi connectivity index (χ4n) is 2.17. The van der Waals surface area contributed by atoms with Gasteiger partial charge in [0.15, 0.2) is 0 Å². The topological polar surface area (TPSA) is 12.0 Å². The molecule has 0 heterocycles. The normalized spacial score (nSPS) is 25.6. The van der Waals surface area contributed by atoms with Crippen molar-refractivity contribution in [2.45, 2.75) is 41.9 Å². The monoisotopic (exact) mass is 239 g/mol. The number of thioether (sulfide) groups is 1. The summed E-state index contributed by atoms with van der Waals surface area (Å²) in [6.07, 6.45) is 5.03. The van der Waals surface area contributed by atoms with Crippen molar-refractivity contribution in [3.8, 4) is 0 Å². The number of rotatable bonds is 3. The van der Waals surface area contributed by atoms with E-state index in [2.05, 4.69) is 5.32 Å². The van der Waals surface area contributed by atoms with Crippen LogP contribution in [-0.4, -0.2) is 18.3 Å². The molecule has 2 rings (SSSR count). The molecule has 16 heavy (non-hydrogen) atoms. The molecule has 1 fully saturated rings. The van der Waals surface area contributed by atoms with E-state index in [1.165, 1.54) is 30.6 Å². The molecule has 1 N–H and O–H groups in total. The van der Waals surface area contributed by atoms with Crippen LogP contribution in [0, 0.1) is 5.82 Å². The summed E-state index contributed by atoms with van der Waals surface area (Å²) in [5.41, 5.74) is 0. The van der Waals surface area contributed by atoms with Gasteiger partial charge in [-0.05, 0) is 57.0 Å². The molecule has 1 aromatic rings. The van der Waals surface area contributed by atoms with Crippen LogP contribution < -0.4 is 5.32 Å². The molecule has 1 aromatic carbocycles. The summed E-state index contributed by atoms with van der Waals surface area (Å²) >= 11 is 1.89. The van der Waals surface area contributed by atoms with Gasteiger partial charge < -0.3 is 5.32 Å². The average Bonchev–Trinajstić information content (AvgIpc) is 2.33. The summed E-state index contributed by atoms with van der Waals surface area (Å²) in [6, 6.07) is 7.54. The zero-order valence-electron chi connectivity index (χ0n) is 9.58. The molecule has 1 nitrogen and oxygen atoms in total. The molecule has 0 unspecified atom stereocenters. The molecule has 0 spiro atoms. The minimum Gasteiger partial charge on any atom is -0.317 e. The Morgan fingerprint density at radius 1 is 1.12 bits per heavy atom. The highest BCUT2D eigenvalue weighted by molar-refractivity contribution is 8.00. The minimum atomic E-state index is -0.150. The Balaban J connectivity index is 1.84. The van der Waals surface area contributed by atoms with Gasteiger partial charge in [-0.25, -0.2) is 4.39 Å². The molecule has 0 atom stereocenters. The molecule has 0 bridgehead atoms. The molecule has 88 valence electrons. The van der Waals surface area contributed by atoms with Crippen LogP contribution in [0.3, 0.4) is 0 Å². The molecule has 1 saturated carbocycles. The van der Waals surface area contributed by atoms with Gasteiger partial charge in [0.2, 0.25) is 0 Å². The van der Waals surface area contributed by atoms with Crippen LogP contribution in [0.25, 0.3) is 0 Å². The predicted octanol–water partition coefficient (Wildman–Crippen LogP) is 3.45. The van der Waals surface area contributed by atoms with Crippen molar-refractivity contribution in [1.82, 2.24) is 5.32 Å². The lowest BCUT2D eigenvalue weighted by Crippen LogP contribution is -2.30. The highest BCUT2D eigenvalue weighted by Crippen LogP contribution is 2.33. The second-order valence-electron chi connectivity index (χ2n) is 4.33. The Bertz CT molecular complexity index is 317. The predicted molar refractivity (Wildman–Crippen MR) is 67.4 cm³/mol. The third-order valence-corrected chi connectivity index (χ3v) is 4.55. The summed E-state index contributed by atoms with van der Waals surface area (Å²) in [4.78, 5) is 1.19. The molecule has 1 aliphatic rings. The van der Waals surface area contributed by atoms with E-state index >= 15 is 0 Å². The van der Waals surface area contributed by atoms with Crippen molar-refractivity contribution in [1.29, 1.82) is 0 Å². The third kappa shape index (κ3) is 3.22. The Morgan fingerprint density at radius 3 is 2.31 bits per heavy atom. The third-order valence-electron chi connectivity index (χ3n) is 3.20. The van der Waals surface area contributed by atoms with Gasteiger partial charge >= 0.3 is 0 Å². The average molecular weight is 239 g/mol. The zero-order valence-corrected chi connectivity index (χ0v) is 10.4. The van der Waals surface area contributed by atoms with Gasteiger partial charge in [-0.1, -0.05) is 0 Å². The second-order valence-corrected chi connectivity index (χ2v) is 5.71. The van der Waals surface area contributed by atoms with Crippen LogP contribution in [-0.2, 0) is 0 Å². The van der Waals surface area contributed by atoms with E-state index in [0.29, 0.717) is 11.3 Å². The van der Waals surface area contributed by atoms with E-state index in [-0.39, 0.29) is 5.82 Å². The first-order chi connectivity index (χ1) is 7.78. The Morgan fingerprint density at radius 2 is 1.75 bits per heavy atom. The first kappa shape index (κ1) is 11.9. The summed E-state index contributed by atoms with van der Waals surface area (Å²) in [7, 11) is 2.04. The maximum atomic E-state index is 12.7. The van der Waals surface area contributed by atoms with Crippen LogP contribution in [0.2, 0.25) is 0 Å². The van der Waals surface area contributed by atoms with E-state index in [1.807, 2.05) is 30.9 Å². The van der Waals surface area contributed by atoms with Crippen molar-refractivity contribution in [2.75, 3.05) is 7.05 Å². The molecule has 0 aliphatic heterocycles. The largest absolute Gasteiger partial charge is 0.317 e. The van der Waals surface area contributed by atoms with Gasteiger partial charge in [-0.2, -0.15) is 0 Å². The lowest BCUT2D eigenvalue weighted by Gasteiger charge is -2.27. The van der Waals surface area contributed by atoms with Gasteiger partial charge in [-0.15, -0.1) is 11.8 Å². The van der Waals surface area contributed by atoms with Crippen LogP contribution >= 0.6 is 11.8 Å². The van der Waals surface area contributed by atoms with E-state index < -0.39 is 0 Å². The molecule has 3 heteroatoms. The molecule has 1 aliphatic carbocycles. The lowest BCUT2D eigenvalue weighted by atomic mass is 9.95. The minimum absolute atomic E-state index is 0.150. The molecular formula is C13H18FNS. The van der Waals surface area contributed by atoms with Gasteiger partial charge in [0.05, 0.1) is 0 Å². The van der Waals surface area contributed by atoms with Crippen molar-refractivity contribution in [2.24, 2.45) is 0 Å². The Hall–Kier alpha value is -0.540. The first-order valence-corrected chi connectivity index (χ1v) is 6.75. The number of nitrogens with one attached hydrogen (secondary N) is 1. The van der Waals surface area contributed by atoms with Crippen LogP contribution in [0.5, 0.6) is 0 Å². The maximum absolute atomic E-state index is 12.7. The standard InChI is InChI=1S/C13H18FNS/c1-15-11-4-8-13(9-5-11)16-12-6-2-10(14)3-7-12/h2-3,6-7,11,13,15H,4-5,8-9H2,1H3.